The van der Waals surface area contributed by atoms with E-state index >= 15 is 0 Å². The molecule has 2 N–H and O–H groups in total. The Morgan fingerprint density at radius 3 is 2.74 bits per heavy atom. The van der Waals surface area contributed by atoms with Crippen molar-refractivity contribution in [2.45, 2.75) is 19.4 Å². The molecule has 27 heavy (non-hydrogen) atoms. The summed E-state index contributed by atoms with van der Waals surface area (Å²) in [5.41, 5.74) is 2.60. The smallest absolute Gasteiger partial charge is 0.247 e. The third-order valence-corrected chi connectivity index (χ3v) is 4.72. The minimum atomic E-state index is -0.485. The van der Waals surface area contributed by atoms with Gasteiger partial charge in [-0.1, -0.05) is 6.92 Å². The molecule has 8 heteroatoms. The lowest BCUT2D eigenvalue weighted by atomic mass is 10.1. The van der Waals surface area contributed by atoms with Crippen molar-refractivity contribution in [2.75, 3.05) is 19.0 Å². The number of nitrogens with zero attached hydrogens (tertiary/aromatic N) is 3. The summed E-state index contributed by atoms with van der Waals surface area (Å²) in [4.78, 5) is 17.1. The zero-order valence-electron chi connectivity index (χ0n) is 15.6. The van der Waals surface area contributed by atoms with Crippen LogP contribution in [-0.2, 0) is 11.8 Å². The van der Waals surface area contributed by atoms with Gasteiger partial charge in [-0.25, -0.2) is 4.98 Å². The van der Waals surface area contributed by atoms with Gasteiger partial charge in [0.1, 0.15) is 11.8 Å². The van der Waals surface area contributed by atoms with Gasteiger partial charge in [0, 0.05) is 29.8 Å². The SMILES string of the molecule is CCCOc1ccc(-c2csc(NC(=O)C(NC)c3cnn(C)c3)n2)cc1. The van der Waals surface area contributed by atoms with Gasteiger partial charge < -0.3 is 15.4 Å². The van der Waals surface area contributed by atoms with E-state index in [0.717, 1.165) is 29.0 Å². The number of hydrogen-bond acceptors (Lipinski definition) is 6. The van der Waals surface area contributed by atoms with E-state index in [-0.39, 0.29) is 5.91 Å². The van der Waals surface area contributed by atoms with Crippen LogP contribution in [-0.4, -0.2) is 34.3 Å². The average Bonchev–Trinajstić information content (AvgIpc) is 3.30. The topological polar surface area (TPSA) is 81.1 Å². The second kappa shape index (κ2) is 8.79. The second-order valence-electron chi connectivity index (χ2n) is 6.07. The summed E-state index contributed by atoms with van der Waals surface area (Å²) in [5.74, 6) is 0.674. The van der Waals surface area contributed by atoms with Crippen LogP contribution in [0.1, 0.15) is 24.9 Å². The van der Waals surface area contributed by atoms with Crippen LogP contribution < -0.4 is 15.4 Å². The third kappa shape index (κ3) is 4.72. The van der Waals surface area contributed by atoms with Gasteiger partial charge in [0.05, 0.1) is 18.5 Å². The fourth-order valence-electron chi connectivity index (χ4n) is 2.62. The molecule has 3 aromatic rings. The number of rotatable bonds is 8. The van der Waals surface area contributed by atoms with Gasteiger partial charge in [-0.3, -0.25) is 9.48 Å². The summed E-state index contributed by atoms with van der Waals surface area (Å²) in [6.07, 6.45) is 4.47. The minimum Gasteiger partial charge on any atom is -0.494 e. The van der Waals surface area contributed by atoms with E-state index in [9.17, 15) is 4.79 Å². The number of amides is 1. The Labute approximate surface area is 162 Å². The first kappa shape index (κ1) is 19.1. The van der Waals surface area contributed by atoms with Gasteiger partial charge >= 0.3 is 0 Å². The molecule has 0 aliphatic rings. The van der Waals surface area contributed by atoms with Crippen LogP contribution in [0, 0.1) is 0 Å². The fourth-order valence-corrected chi connectivity index (χ4v) is 3.34. The molecule has 0 aliphatic heterocycles. The van der Waals surface area contributed by atoms with Crippen molar-refractivity contribution in [1.29, 1.82) is 0 Å². The predicted molar refractivity (Wildman–Crippen MR) is 107 cm³/mol. The van der Waals surface area contributed by atoms with Crippen LogP contribution in [0.5, 0.6) is 5.75 Å². The van der Waals surface area contributed by atoms with E-state index in [2.05, 4.69) is 27.6 Å². The van der Waals surface area contributed by atoms with Crippen molar-refractivity contribution in [3.8, 4) is 17.0 Å². The molecular formula is C19H23N5O2S. The number of ether oxygens (including phenoxy) is 1. The molecule has 7 nitrogen and oxygen atoms in total. The van der Waals surface area contributed by atoms with Gasteiger partial charge in [-0.15, -0.1) is 11.3 Å². The molecule has 0 fully saturated rings. The predicted octanol–water partition coefficient (Wildman–Crippen LogP) is 3.23. The standard InChI is InChI=1S/C19H23N5O2S/c1-4-9-26-15-7-5-13(6-8-15)16-12-27-19(22-16)23-18(25)17(20-2)14-10-21-24(3)11-14/h5-8,10-12,17,20H,4,9H2,1-3H3,(H,22,23,25). The number of anilines is 1. The van der Waals surface area contributed by atoms with Crippen LogP contribution in [0.3, 0.4) is 0 Å². The molecule has 0 spiro atoms. The lowest BCUT2D eigenvalue weighted by molar-refractivity contribution is -0.118. The maximum Gasteiger partial charge on any atom is 0.247 e. The number of hydrogen-bond donors (Lipinski definition) is 2. The maximum absolute atomic E-state index is 12.6. The molecule has 2 heterocycles. The molecule has 0 radical (unpaired) electrons. The van der Waals surface area contributed by atoms with Crippen LogP contribution in [0.15, 0.2) is 42.0 Å². The second-order valence-corrected chi connectivity index (χ2v) is 6.93. The highest BCUT2D eigenvalue weighted by Gasteiger charge is 2.21. The number of thiazole rings is 1. The molecule has 0 saturated carbocycles. The maximum atomic E-state index is 12.6. The quantitative estimate of drug-likeness (QED) is 0.622. The van der Waals surface area contributed by atoms with Crippen LogP contribution in [0.2, 0.25) is 0 Å². The number of nitrogens with one attached hydrogen (secondary N) is 2. The Morgan fingerprint density at radius 2 is 2.11 bits per heavy atom. The lowest BCUT2D eigenvalue weighted by Gasteiger charge is -2.13. The lowest BCUT2D eigenvalue weighted by Crippen LogP contribution is -2.30. The average molecular weight is 385 g/mol. The first-order chi connectivity index (χ1) is 13.1. The van der Waals surface area contributed by atoms with Crippen molar-refractivity contribution < 1.29 is 9.53 Å². The van der Waals surface area contributed by atoms with E-state index in [4.69, 9.17) is 4.74 Å². The number of likely N-dealkylation sites (N-methyl/N-ethyl adjacent to an activating group) is 1. The number of aromatic nitrogens is 3. The van der Waals surface area contributed by atoms with Crippen molar-refractivity contribution in [3.05, 3.63) is 47.6 Å². The van der Waals surface area contributed by atoms with Crippen molar-refractivity contribution in [3.63, 3.8) is 0 Å². The van der Waals surface area contributed by atoms with E-state index < -0.39 is 6.04 Å². The molecule has 1 amide bonds. The normalized spacial score (nSPS) is 12.0. The van der Waals surface area contributed by atoms with Crippen molar-refractivity contribution in [2.24, 2.45) is 7.05 Å². The van der Waals surface area contributed by atoms with Crippen LogP contribution in [0.4, 0.5) is 5.13 Å². The Hall–Kier alpha value is -2.71. The highest BCUT2D eigenvalue weighted by Crippen LogP contribution is 2.27. The van der Waals surface area contributed by atoms with E-state index in [1.807, 2.05) is 42.9 Å². The fraction of sp³-hybridized carbons (Fsp3) is 0.316. The summed E-state index contributed by atoms with van der Waals surface area (Å²) in [6.45, 7) is 2.78. The Kier molecular flexibility index (Phi) is 6.20. The minimum absolute atomic E-state index is 0.172. The highest BCUT2D eigenvalue weighted by molar-refractivity contribution is 7.14. The summed E-state index contributed by atoms with van der Waals surface area (Å²) in [7, 11) is 3.56. The Morgan fingerprint density at radius 1 is 1.33 bits per heavy atom. The summed E-state index contributed by atoms with van der Waals surface area (Å²) in [5, 5.41) is 12.5. The van der Waals surface area contributed by atoms with Gasteiger partial charge in [-0.2, -0.15) is 5.10 Å². The zero-order chi connectivity index (χ0) is 19.2. The number of carbonyl (C=O) groups is 1. The van der Waals surface area contributed by atoms with Crippen molar-refractivity contribution in [1.82, 2.24) is 20.1 Å². The van der Waals surface area contributed by atoms with Gasteiger partial charge in [0.25, 0.3) is 0 Å². The van der Waals surface area contributed by atoms with Gasteiger partial charge in [-0.05, 0) is 37.7 Å². The summed E-state index contributed by atoms with van der Waals surface area (Å²) in [6, 6.07) is 7.32. The van der Waals surface area contributed by atoms with Crippen LogP contribution in [0.25, 0.3) is 11.3 Å². The van der Waals surface area contributed by atoms with E-state index in [0.29, 0.717) is 11.7 Å². The number of carbonyl (C=O) groups excluding carboxylic acids is 1. The Balaban J connectivity index is 1.67. The first-order valence-corrected chi connectivity index (χ1v) is 9.64. The third-order valence-electron chi connectivity index (χ3n) is 3.97. The van der Waals surface area contributed by atoms with Crippen molar-refractivity contribution >= 4 is 22.4 Å². The molecular weight excluding hydrogens is 362 g/mol. The molecule has 1 aromatic carbocycles. The molecule has 2 aromatic heterocycles. The monoisotopic (exact) mass is 385 g/mol. The number of aryl methyl sites for hydroxylation is 1. The Bertz CT molecular complexity index is 888. The van der Waals surface area contributed by atoms with Gasteiger partial charge in [0.2, 0.25) is 5.91 Å². The largest absolute Gasteiger partial charge is 0.494 e. The molecule has 0 saturated heterocycles. The zero-order valence-corrected chi connectivity index (χ0v) is 16.4. The molecule has 1 atom stereocenters. The van der Waals surface area contributed by atoms with Gasteiger partial charge in [0.15, 0.2) is 5.13 Å². The molecule has 1 unspecified atom stereocenters. The van der Waals surface area contributed by atoms with E-state index in [1.165, 1.54) is 11.3 Å². The van der Waals surface area contributed by atoms with E-state index in [1.54, 1.807) is 17.9 Å². The molecule has 142 valence electrons. The molecule has 0 aliphatic carbocycles. The highest BCUT2D eigenvalue weighted by atomic mass is 32.1. The molecule has 3 rings (SSSR count). The van der Waals surface area contributed by atoms with Crippen LogP contribution >= 0.6 is 11.3 Å². The molecule has 0 bridgehead atoms. The summed E-state index contributed by atoms with van der Waals surface area (Å²) >= 11 is 1.40. The summed E-state index contributed by atoms with van der Waals surface area (Å²) < 4.78 is 7.27. The number of benzene rings is 1. The first-order valence-electron chi connectivity index (χ1n) is 8.76.